The van der Waals surface area contributed by atoms with Gasteiger partial charge in [0.2, 0.25) is 0 Å². The van der Waals surface area contributed by atoms with E-state index in [9.17, 15) is 14.7 Å². The third-order valence-electron chi connectivity index (χ3n) is 3.40. The van der Waals surface area contributed by atoms with E-state index in [0.29, 0.717) is 4.88 Å². The molecule has 2 heterocycles. The standard InChI is InChI=1S/C13H19N3O3S/c1-16-6-4-9(5-7-16)14-13(19)15-11(12(17)18)10-3-2-8-20-10/h2-3,8-9,11H,4-7H2,1H3,(H,17,18)(H2,14,15,19). The van der Waals surface area contributed by atoms with Crippen LogP contribution in [0.15, 0.2) is 17.5 Å². The third-order valence-corrected chi connectivity index (χ3v) is 4.34. The number of urea groups is 1. The number of hydrogen-bond donors (Lipinski definition) is 3. The summed E-state index contributed by atoms with van der Waals surface area (Å²) in [7, 11) is 2.05. The van der Waals surface area contributed by atoms with E-state index in [1.54, 1.807) is 17.5 Å². The van der Waals surface area contributed by atoms with Crippen LogP contribution in [0, 0.1) is 0 Å². The van der Waals surface area contributed by atoms with Crippen LogP contribution in [0.5, 0.6) is 0 Å². The Balaban J connectivity index is 1.87. The molecule has 1 aromatic rings. The first-order valence-electron chi connectivity index (χ1n) is 6.58. The molecule has 0 aliphatic carbocycles. The van der Waals surface area contributed by atoms with Crippen molar-refractivity contribution in [2.24, 2.45) is 0 Å². The monoisotopic (exact) mass is 297 g/mol. The van der Waals surface area contributed by atoms with Gasteiger partial charge in [0, 0.05) is 10.9 Å². The van der Waals surface area contributed by atoms with Crippen molar-refractivity contribution in [1.29, 1.82) is 0 Å². The highest BCUT2D eigenvalue weighted by atomic mass is 32.1. The largest absolute Gasteiger partial charge is 0.479 e. The first kappa shape index (κ1) is 14.8. The topological polar surface area (TPSA) is 81.7 Å². The summed E-state index contributed by atoms with van der Waals surface area (Å²) in [5.74, 6) is -1.05. The Kier molecular flexibility index (Phi) is 4.97. The van der Waals surface area contributed by atoms with Crippen molar-refractivity contribution in [3.8, 4) is 0 Å². The van der Waals surface area contributed by atoms with E-state index >= 15 is 0 Å². The van der Waals surface area contributed by atoms with Gasteiger partial charge in [0.15, 0.2) is 6.04 Å². The first-order chi connectivity index (χ1) is 9.56. The fourth-order valence-corrected chi connectivity index (χ4v) is 2.99. The Bertz CT molecular complexity index is 455. The van der Waals surface area contributed by atoms with Crippen molar-refractivity contribution in [2.45, 2.75) is 24.9 Å². The maximum absolute atomic E-state index is 11.9. The minimum absolute atomic E-state index is 0.115. The predicted molar refractivity (Wildman–Crippen MR) is 76.9 cm³/mol. The molecule has 2 amide bonds. The van der Waals surface area contributed by atoms with E-state index < -0.39 is 18.0 Å². The molecule has 1 saturated heterocycles. The lowest BCUT2D eigenvalue weighted by Gasteiger charge is -2.29. The van der Waals surface area contributed by atoms with Gasteiger partial charge in [-0.1, -0.05) is 6.07 Å². The summed E-state index contributed by atoms with van der Waals surface area (Å²) in [4.78, 5) is 26.0. The first-order valence-corrected chi connectivity index (χ1v) is 7.46. The van der Waals surface area contributed by atoms with Crippen molar-refractivity contribution in [2.75, 3.05) is 20.1 Å². The number of rotatable bonds is 4. The van der Waals surface area contributed by atoms with E-state index in [-0.39, 0.29) is 6.04 Å². The van der Waals surface area contributed by atoms with E-state index in [2.05, 4.69) is 15.5 Å². The molecular formula is C13H19N3O3S. The summed E-state index contributed by atoms with van der Waals surface area (Å²) in [6, 6.07) is 2.19. The molecule has 1 fully saturated rings. The van der Waals surface area contributed by atoms with Crippen LogP contribution >= 0.6 is 11.3 Å². The van der Waals surface area contributed by atoms with E-state index in [1.165, 1.54) is 11.3 Å². The third kappa shape index (κ3) is 3.94. The van der Waals surface area contributed by atoms with Crippen molar-refractivity contribution >= 4 is 23.3 Å². The molecule has 1 atom stereocenters. The van der Waals surface area contributed by atoms with Gasteiger partial charge in [-0.25, -0.2) is 9.59 Å². The van der Waals surface area contributed by atoms with E-state index in [1.807, 2.05) is 7.05 Å². The second-order valence-corrected chi connectivity index (χ2v) is 5.96. The number of amides is 2. The van der Waals surface area contributed by atoms with Crippen molar-refractivity contribution in [3.63, 3.8) is 0 Å². The van der Waals surface area contributed by atoms with Crippen molar-refractivity contribution < 1.29 is 14.7 Å². The van der Waals surface area contributed by atoms with Crippen LogP contribution in [0.2, 0.25) is 0 Å². The normalized spacial score (nSPS) is 18.4. The zero-order valence-electron chi connectivity index (χ0n) is 11.3. The van der Waals surface area contributed by atoms with E-state index in [4.69, 9.17) is 0 Å². The molecular weight excluding hydrogens is 278 g/mol. The summed E-state index contributed by atoms with van der Waals surface area (Å²) >= 11 is 1.32. The second kappa shape index (κ2) is 6.71. The molecule has 0 radical (unpaired) electrons. The van der Waals surface area contributed by atoms with Crippen LogP contribution < -0.4 is 10.6 Å². The number of carboxylic acid groups (broad SMARTS) is 1. The number of carboxylic acids is 1. The molecule has 2 rings (SSSR count). The number of aliphatic carboxylic acids is 1. The number of nitrogens with zero attached hydrogens (tertiary/aromatic N) is 1. The lowest BCUT2D eigenvalue weighted by atomic mass is 10.1. The van der Waals surface area contributed by atoms with Crippen molar-refractivity contribution in [3.05, 3.63) is 22.4 Å². The van der Waals surface area contributed by atoms with Gasteiger partial charge in [0.1, 0.15) is 0 Å². The minimum Gasteiger partial charge on any atom is -0.479 e. The van der Waals surface area contributed by atoms with Crippen molar-refractivity contribution in [1.82, 2.24) is 15.5 Å². The molecule has 7 heteroatoms. The Labute approximate surface area is 121 Å². The number of piperidine rings is 1. The average molecular weight is 297 g/mol. The Morgan fingerprint density at radius 3 is 2.70 bits per heavy atom. The number of carbonyl (C=O) groups excluding carboxylic acids is 1. The van der Waals surface area contributed by atoms with Gasteiger partial charge >= 0.3 is 12.0 Å². The number of carbonyl (C=O) groups is 2. The number of nitrogens with one attached hydrogen (secondary N) is 2. The average Bonchev–Trinajstić information content (AvgIpc) is 2.92. The maximum atomic E-state index is 11.9. The highest BCUT2D eigenvalue weighted by Crippen LogP contribution is 2.19. The SMILES string of the molecule is CN1CCC(NC(=O)NC(C(=O)O)c2cccs2)CC1. The van der Waals surface area contributed by atoms with E-state index in [0.717, 1.165) is 25.9 Å². The molecule has 3 N–H and O–H groups in total. The Morgan fingerprint density at radius 2 is 2.15 bits per heavy atom. The molecule has 1 aliphatic heterocycles. The zero-order chi connectivity index (χ0) is 14.5. The number of likely N-dealkylation sites (tertiary alicyclic amines) is 1. The van der Waals surface area contributed by atoms with Crippen LogP contribution in [-0.2, 0) is 4.79 Å². The van der Waals surface area contributed by atoms with Crippen LogP contribution in [-0.4, -0.2) is 48.2 Å². The smallest absolute Gasteiger partial charge is 0.331 e. The fourth-order valence-electron chi connectivity index (χ4n) is 2.22. The molecule has 0 bridgehead atoms. The minimum atomic E-state index is -1.05. The summed E-state index contributed by atoms with van der Waals surface area (Å²) in [5, 5.41) is 16.4. The quantitative estimate of drug-likeness (QED) is 0.781. The van der Waals surface area contributed by atoms with Crippen LogP contribution in [0.4, 0.5) is 4.79 Å². The molecule has 6 nitrogen and oxygen atoms in total. The van der Waals surface area contributed by atoms with Crippen LogP contribution in [0.3, 0.4) is 0 Å². The molecule has 1 aromatic heterocycles. The molecule has 110 valence electrons. The fraction of sp³-hybridized carbons (Fsp3) is 0.538. The second-order valence-electron chi connectivity index (χ2n) is 4.98. The Morgan fingerprint density at radius 1 is 1.45 bits per heavy atom. The van der Waals surface area contributed by atoms with Crippen LogP contribution in [0.25, 0.3) is 0 Å². The van der Waals surface area contributed by atoms with Gasteiger partial charge in [0.25, 0.3) is 0 Å². The van der Waals surface area contributed by atoms with Gasteiger partial charge in [0.05, 0.1) is 0 Å². The molecule has 0 spiro atoms. The van der Waals surface area contributed by atoms with Gasteiger partial charge in [-0.3, -0.25) is 0 Å². The molecule has 0 aromatic carbocycles. The summed E-state index contributed by atoms with van der Waals surface area (Å²) in [5.41, 5.74) is 0. The molecule has 20 heavy (non-hydrogen) atoms. The summed E-state index contributed by atoms with van der Waals surface area (Å²) in [6.45, 7) is 1.89. The maximum Gasteiger partial charge on any atom is 0.331 e. The summed E-state index contributed by atoms with van der Waals surface area (Å²) in [6.07, 6.45) is 1.78. The van der Waals surface area contributed by atoms with Gasteiger partial charge in [-0.2, -0.15) is 0 Å². The Hall–Kier alpha value is -1.60. The summed E-state index contributed by atoms with van der Waals surface area (Å²) < 4.78 is 0. The lowest BCUT2D eigenvalue weighted by Crippen LogP contribution is -2.48. The van der Waals surface area contributed by atoms with Crippen LogP contribution in [0.1, 0.15) is 23.8 Å². The molecule has 1 aliphatic rings. The number of hydrogen-bond acceptors (Lipinski definition) is 4. The van der Waals surface area contributed by atoms with Gasteiger partial charge < -0.3 is 20.6 Å². The predicted octanol–water partition coefficient (Wildman–Crippen LogP) is 1.27. The molecule has 0 saturated carbocycles. The highest BCUT2D eigenvalue weighted by molar-refractivity contribution is 7.10. The van der Waals surface area contributed by atoms with Gasteiger partial charge in [-0.05, 0) is 44.4 Å². The number of thiophene rings is 1. The zero-order valence-corrected chi connectivity index (χ0v) is 12.2. The highest BCUT2D eigenvalue weighted by Gasteiger charge is 2.25. The van der Waals surface area contributed by atoms with Gasteiger partial charge in [-0.15, -0.1) is 11.3 Å². The lowest BCUT2D eigenvalue weighted by molar-refractivity contribution is -0.139. The molecule has 1 unspecified atom stereocenters.